The van der Waals surface area contributed by atoms with Crippen LogP contribution < -0.4 is 0 Å². The average molecular weight is 411 g/mol. The first-order chi connectivity index (χ1) is 13.9. The number of aromatic amines is 1. The van der Waals surface area contributed by atoms with Gasteiger partial charge in [0.25, 0.3) is 5.69 Å². The maximum absolute atomic E-state index is 12.6. The van der Waals surface area contributed by atoms with E-state index < -0.39 is 4.92 Å². The minimum absolute atomic E-state index is 0.00550. The molecule has 1 heterocycles. The summed E-state index contributed by atoms with van der Waals surface area (Å²) in [6, 6.07) is 14.3. The van der Waals surface area contributed by atoms with Crippen LogP contribution in [-0.4, -0.2) is 37.5 Å². The Bertz CT molecular complexity index is 1110. The topological polar surface area (TPSA) is 97.1 Å². The molecule has 8 nitrogen and oxygen atoms in total. The van der Waals surface area contributed by atoms with Crippen LogP contribution in [0.4, 0.5) is 5.69 Å². The predicted octanol–water partition coefficient (Wildman–Crippen LogP) is 3.87. The van der Waals surface area contributed by atoms with Crippen LogP contribution in [0.15, 0.2) is 48.5 Å². The van der Waals surface area contributed by atoms with Crippen LogP contribution in [0.1, 0.15) is 17.5 Å². The SMILES string of the molecule is Cc1cccc(-c2n[nH]c(=S)n2CCC(=O)N(C)Cc2ccccc2[N+](=O)[O-])c1. The van der Waals surface area contributed by atoms with Crippen LogP contribution in [0, 0.1) is 21.8 Å². The van der Waals surface area contributed by atoms with Gasteiger partial charge < -0.3 is 4.90 Å². The number of aromatic nitrogens is 3. The van der Waals surface area contributed by atoms with Gasteiger partial charge in [0.1, 0.15) is 0 Å². The van der Waals surface area contributed by atoms with Gasteiger partial charge in [-0.1, -0.05) is 42.0 Å². The van der Waals surface area contributed by atoms with Crippen molar-refractivity contribution in [1.82, 2.24) is 19.7 Å². The molecular weight excluding hydrogens is 390 g/mol. The molecular formula is C20H21N5O3S. The van der Waals surface area contributed by atoms with Crippen molar-refractivity contribution in [3.8, 4) is 11.4 Å². The van der Waals surface area contributed by atoms with Gasteiger partial charge in [-0.2, -0.15) is 5.10 Å². The molecule has 0 radical (unpaired) electrons. The number of nitro groups is 1. The molecule has 29 heavy (non-hydrogen) atoms. The molecule has 0 aliphatic rings. The summed E-state index contributed by atoms with van der Waals surface area (Å²) in [5, 5.41) is 18.2. The summed E-state index contributed by atoms with van der Waals surface area (Å²) in [6.07, 6.45) is 0.198. The third kappa shape index (κ3) is 4.75. The maximum atomic E-state index is 12.6. The number of carbonyl (C=O) groups excluding carboxylic acids is 1. The highest BCUT2D eigenvalue weighted by molar-refractivity contribution is 7.71. The third-order valence-corrected chi connectivity index (χ3v) is 4.92. The summed E-state index contributed by atoms with van der Waals surface area (Å²) < 4.78 is 2.23. The van der Waals surface area contributed by atoms with E-state index in [0.29, 0.717) is 22.7 Å². The van der Waals surface area contributed by atoms with E-state index in [-0.39, 0.29) is 24.6 Å². The average Bonchev–Trinajstić information content (AvgIpc) is 3.06. The molecule has 9 heteroatoms. The second-order valence-corrected chi connectivity index (χ2v) is 7.15. The minimum atomic E-state index is -0.438. The first-order valence-electron chi connectivity index (χ1n) is 9.05. The molecule has 150 valence electrons. The first-order valence-corrected chi connectivity index (χ1v) is 9.46. The number of benzene rings is 2. The van der Waals surface area contributed by atoms with Crippen molar-refractivity contribution in [3.05, 3.63) is 74.5 Å². The van der Waals surface area contributed by atoms with E-state index >= 15 is 0 Å². The van der Waals surface area contributed by atoms with Gasteiger partial charge in [-0.05, 0) is 25.2 Å². The molecule has 3 rings (SSSR count). The summed E-state index contributed by atoms with van der Waals surface area (Å²) in [5.74, 6) is 0.536. The summed E-state index contributed by atoms with van der Waals surface area (Å²) in [5.41, 5.74) is 2.51. The number of nitrogens with one attached hydrogen (secondary N) is 1. The number of carbonyl (C=O) groups is 1. The van der Waals surface area contributed by atoms with E-state index in [9.17, 15) is 14.9 Å². The Hall–Kier alpha value is -3.33. The third-order valence-electron chi connectivity index (χ3n) is 4.61. The van der Waals surface area contributed by atoms with Gasteiger partial charge in [-0.15, -0.1) is 0 Å². The van der Waals surface area contributed by atoms with Gasteiger partial charge in [0, 0.05) is 37.2 Å². The fourth-order valence-electron chi connectivity index (χ4n) is 3.09. The van der Waals surface area contributed by atoms with Crippen molar-refractivity contribution in [2.75, 3.05) is 7.05 Å². The Morgan fingerprint density at radius 1 is 1.28 bits per heavy atom. The number of para-hydroxylation sites is 1. The Morgan fingerprint density at radius 2 is 2.03 bits per heavy atom. The summed E-state index contributed by atoms with van der Waals surface area (Å²) in [6.45, 7) is 2.52. The normalized spacial score (nSPS) is 10.7. The number of nitrogens with zero attached hydrogens (tertiary/aromatic N) is 4. The van der Waals surface area contributed by atoms with E-state index in [4.69, 9.17) is 12.2 Å². The smallest absolute Gasteiger partial charge is 0.274 e. The minimum Gasteiger partial charge on any atom is -0.341 e. The molecule has 0 fully saturated rings. The van der Waals surface area contributed by atoms with Crippen LogP contribution >= 0.6 is 12.2 Å². The second-order valence-electron chi connectivity index (χ2n) is 6.76. The van der Waals surface area contributed by atoms with Crippen molar-refractivity contribution in [1.29, 1.82) is 0 Å². The summed E-state index contributed by atoms with van der Waals surface area (Å²) in [7, 11) is 1.63. The number of hydrogen-bond acceptors (Lipinski definition) is 5. The molecule has 1 amide bonds. The number of nitro benzene ring substituents is 1. The Balaban J connectivity index is 1.71. The number of aryl methyl sites for hydroxylation is 1. The molecule has 0 saturated heterocycles. The van der Waals surface area contributed by atoms with Gasteiger partial charge in [0.15, 0.2) is 10.6 Å². The number of H-pyrrole nitrogens is 1. The molecule has 0 aliphatic heterocycles. The zero-order valence-corrected chi connectivity index (χ0v) is 17.0. The van der Waals surface area contributed by atoms with Crippen LogP contribution in [0.25, 0.3) is 11.4 Å². The highest BCUT2D eigenvalue weighted by Crippen LogP contribution is 2.21. The van der Waals surface area contributed by atoms with E-state index in [1.165, 1.54) is 11.0 Å². The fourth-order valence-corrected chi connectivity index (χ4v) is 3.32. The second kappa shape index (κ2) is 8.78. The lowest BCUT2D eigenvalue weighted by Gasteiger charge is -2.17. The van der Waals surface area contributed by atoms with Gasteiger partial charge in [-0.25, -0.2) is 0 Å². The quantitative estimate of drug-likeness (QED) is 0.362. The highest BCUT2D eigenvalue weighted by Gasteiger charge is 2.18. The molecule has 0 aliphatic carbocycles. The van der Waals surface area contributed by atoms with E-state index in [0.717, 1.165) is 11.1 Å². The monoisotopic (exact) mass is 411 g/mol. The largest absolute Gasteiger partial charge is 0.341 e. The Kier molecular flexibility index (Phi) is 6.18. The zero-order valence-electron chi connectivity index (χ0n) is 16.2. The molecule has 1 N–H and O–H groups in total. The molecule has 0 saturated carbocycles. The van der Waals surface area contributed by atoms with Gasteiger partial charge in [-0.3, -0.25) is 24.6 Å². The fraction of sp³-hybridized carbons (Fsp3) is 0.250. The molecule has 3 aromatic rings. The van der Waals surface area contributed by atoms with E-state index in [1.807, 2.05) is 31.2 Å². The lowest BCUT2D eigenvalue weighted by atomic mass is 10.1. The Morgan fingerprint density at radius 3 is 2.76 bits per heavy atom. The standard InChI is InChI=1S/C20H21N5O3S/c1-14-6-5-8-15(12-14)19-21-22-20(29)24(19)11-10-18(26)23(2)13-16-7-3-4-9-17(16)25(27)28/h3-9,12H,10-11,13H2,1-2H3,(H,22,29). The van der Waals surface area contributed by atoms with Crippen molar-refractivity contribution in [2.45, 2.75) is 26.4 Å². The number of hydrogen-bond donors (Lipinski definition) is 1. The zero-order chi connectivity index (χ0) is 21.0. The summed E-state index contributed by atoms with van der Waals surface area (Å²) in [4.78, 5) is 24.8. The van der Waals surface area contributed by atoms with E-state index in [2.05, 4.69) is 10.2 Å². The van der Waals surface area contributed by atoms with Crippen LogP contribution in [0.2, 0.25) is 0 Å². The van der Waals surface area contributed by atoms with Gasteiger partial charge in [0.05, 0.1) is 11.5 Å². The summed E-state index contributed by atoms with van der Waals surface area (Å²) >= 11 is 5.32. The number of amides is 1. The molecule has 0 bridgehead atoms. The molecule has 0 spiro atoms. The predicted molar refractivity (Wildman–Crippen MR) is 112 cm³/mol. The van der Waals surface area contributed by atoms with E-state index in [1.54, 1.807) is 29.8 Å². The molecule has 2 aromatic carbocycles. The lowest BCUT2D eigenvalue weighted by molar-refractivity contribution is -0.385. The van der Waals surface area contributed by atoms with Crippen LogP contribution in [-0.2, 0) is 17.9 Å². The Labute approximate surface area is 172 Å². The highest BCUT2D eigenvalue weighted by atomic mass is 32.1. The van der Waals surface area contributed by atoms with Crippen LogP contribution in [0.5, 0.6) is 0 Å². The molecule has 0 atom stereocenters. The molecule has 1 aromatic heterocycles. The number of rotatable bonds is 7. The van der Waals surface area contributed by atoms with Crippen LogP contribution in [0.3, 0.4) is 0 Å². The van der Waals surface area contributed by atoms with Crippen molar-refractivity contribution in [2.24, 2.45) is 0 Å². The van der Waals surface area contributed by atoms with Gasteiger partial charge in [0.2, 0.25) is 5.91 Å². The first kappa shape index (κ1) is 20.4. The molecule has 0 unspecified atom stereocenters. The lowest BCUT2D eigenvalue weighted by Crippen LogP contribution is -2.27. The van der Waals surface area contributed by atoms with Gasteiger partial charge >= 0.3 is 0 Å². The van der Waals surface area contributed by atoms with Crippen molar-refractivity contribution in [3.63, 3.8) is 0 Å². The van der Waals surface area contributed by atoms with Crippen molar-refractivity contribution >= 4 is 23.8 Å². The van der Waals surface area contributed by atoms with Crippen molar-refractivity contribution < 1.29 is 9.72 Å². The maximum Gasteiger partial charge on any atom is 0.274 e.